The molecule has 0 aliphatic carbocycles. The molecule has 0 radical (unpaired) electrons. The van der Waals surface area contributed by atoms with Gasteiger partial charge in [-0.15, -0.1) is 0 Å². The highest BCUT2D eigenvalue weighted by Gasteiger charge is 2.32. The van der Waals surface area contributed by atoms with Crippen molar-refractivity contribution in [1.29, 1.82) is 0 Å². The second-order valence-electron chi connectivity index (χ2n) is 4.87. The number of nitrogens with zero attached hydrogens (tertiary/aromatic N) is 2. The van der Waals surface area contributed by atoms with Crippen LogP contribution in [0.3, 0.4) is 0 Å². The van der Waals surface area contributed by atoms with Crippen LogP contribution in [-0.2, 0) is 9.84 Å². The Morgan fingerprint density at radius 1 is 1.56 bits per heavy atom. The topological polar surface area (TPSA) is 76.3 Å². The third-order valence-electron chi connectivity index (χ3n) is 3.40. The third kappa shape index (κ3) is 2.64. The molecule has 1 aliphatic rings. The van der Waals surface area contributed by atoms with Crippen LogP contribution in [0, 0.1) is 0 Å². The zero-order valence-corrected chi connectivity index (χ0v) is 11.5. The Hall–Kier alpha value is -1.14. The predicted molar refractivity (Wildman–Crippen MR) is 72.3 cm³/mol. The monoisotopic (exact) mass is 269 g/mol. The van der Waals surface area contributed by atoms with Gasteiger partial charge in [-0.05, 0) is 19.4 Å². The standard InChI is InChI=1S/C12H19N3O2S/c1-9(13)11-4-3-6-14-12(11)15(2)10-5-7-18(16,17)8-10/h3-4,6,9-10H,5,7-8,13H2,1-2H3/t9-,10?/m0/s1. The molecule has 1 aromatic heterocycles. The Labute approximate surface area is 108 Å². The number of rotatable bonds is 3. The van der Waals surface area contributed by atoms with Gasteiger partial charge in [-0.1, -0.05) is 6.07 Å². The zero-order chi connectivity index (χ0) is 13.3. The molecule has 0 aromatic carbocycles. The van der Waals surface area contributed by atoms with Crippen molar-refractivity contribution in [3.63, 3.8) is 0 Å². The minimum absolute atomic E-state index is 0.00222. The number of pyridine rings is 1. The van der Waals surface area contributed by atoms with E-state index in [1.54, 1.807) is 6.20 Å². The molecule has 0 saturated carbocycles. The van der Waals surface area contributed by atoms with Crippen LogP contribution in [0.5, 0.6) is 0 Å². The number of anilines is 1. The van der Waals surface area contributed by atoms with E-state index in [1.807, 2.05) is 31.0 Å². The molecule has 2 N–H and O–H groups in total. The maximum absolute atomic E-state index is 11.5. The number of sulfone groups is 1. The molecular weight excluding hydrogens is 250 g/mol. The molecule has 100 valence electrons. The molecule has 0 bridgehead atoms. The van der Waals surface area contributed by atoms with Crippen molar-refractivity contribution in [2.24, 2.45) is 5.73 Å². The van der Waals surface area contributed by atoms with Crippen LogP contribution < -0.4 is 10.6 Å². The number of hydrogen-bond acceptors (Lipinski definition) is 5. The number of hydrogen-bond donors (Lipinski definition) is 1. The summed E-state index contributed by atoms with van der Waals surface area (Å²) >= 11 is 0. The largest absolute Gasteiger partial charge is 0.355 e. The van der Waals surface area contributed by atoms with E-state index in [4.69, 9.17) is 5.73 Å². The quantitative estimate of drug-likeness (QED) is 0.875. The molecule has 0 amide bonds. The Kier molecular flexibility index (Phi) is 3.59. The fourth-order valence-electron chi connectivity index (χ4n) is 2.31. The second-order valence-corrected chi connectivity index (χ2v) is 7.10. The van der Waals surface area contributed by atoms with E-state index in [-0.39, 0.29) is 23.6 Å². The molecule has 6 heteroatoms. The lowest BCUT2D eigenvalue weighted by atomic mass is 10.1. The lowest BCUT2D eigenvalue weighted by molar-refractivity contribution is 0.600. The molecule has 1 aromatic rings. The van der Waals surface area contributed by atoms with Gasteiger partial charge in [0.2, 0.25) is 0 Å². The average molecular weight is 269 g/mol. The number of nitrogens with two attached hydrogens (primary N) is 1. The summed E-state index contributed by atoms with van der Waals surface area (Å²) in [7, 11) is -0.994. The zero-order valence-electron chi connectivity index (χ0n) is 10.7. The van der Waals surface area contributed by atoms with E-state index in [1.165, 1.54) is 0 Å². The normalized spacial score (nSPS) is 23.8. The summed E-state index contributed by atoms with van der Waals surface area (Å²) in [5, 5.41) is 0. The first kappa shape index (κ1) is 13.3. The molecule has 5 nitrogen and oxygen atoms in total. The van der Waals surface area contributed by atoms with Gasteiger partial charge < -0.3 is 10.6 Å². The predicted octanol–water partition coefficient (Wildman–Crippen LogP) is 0.725. The van der Waals surface area contributed by atoms with Gasteiger partial charge in [0.15, 0.2) is 9.84 Å². The van der Waals surface area contributed by atoms with Crippen LogP contribution >= 0.6 is 0 Å². The van der Waals surface area contributed by atoms with E-state index in [2.05, 4.69) is 4.98 Å². The van der Waals surface area contributed by atoms with Crippen molar-refractivity contribution in [1.82, 2.24) is 4.98 Å². The van der Waals surface area contributed by atoms with Crippen LogP contribution in [0.25, 0.3) is 0 Å². The smallest absolute Gasteiger partial charge is 0.152 e. The molecular formula is C12H19N3O2S. The highest BCUT2D eigenvalue weighted by Crippen LogP contribution is 2.26. The number of aromatic nitrogens is 1. The van der Waals surface area contributed by atoms with Crippen molar-refractivity contribution in [2.75, 3.05) is 23.5 Å². The van der Waals surface area contributed by atoms with Crippen LogP contribution in [0.4, 0.5) is 5.82 Å². The molecule has 2 atom stereocenters. The van der Waals surface area contributed by atoms with Crippen LogP contribution in [0.2, 0.25) is 0 Å². The minimum Gasteiger partial charge on any atom is -0.355 e. The van der Waals surface area contributed by atoms with Crippen molar-refractivity contribution in [3.05, 3.63) is 23.9 Å². The molecule has 2 rings (SSSR count). The molecule has 1 fully saturated rings. The van der Waals surface area contributed by atoms with Crippen LogP contribution in [0.15, 0.2) is 18.3 Å². The van der Waals surface area contributed by atoms with Gasteiger partial charge in [0.25, 0.3) is 0 Å². The van der Waals surface area contributed by atoms with Gasteiger partial charge in [0.05, 0.1) is 11.5 Å². The fraction of sp³-hybridized carbons (Fsp3) is 0.583. The first-order chi connectivity index (χ1) is 8.41. The Balaban J connectivity index is 2.27. The molecule has 2 heterocycles. The molecule has 1 aliphatic heterocycles. The first-order valence-corrected chi connectivity index (χ1v) is 7.86. The van der Waals surface area contributed by atoms with Crippen LogP contribution in [0.1, 0.15) is 24.9 Å². The highest BCUT2D eigenvalue weighted by molar-refractivity contribution is 7.91. The molecule has 0 spiro atoms. The summed E-state index contributed by atoms with van der Waals surface area (Å²) < 4.78 is 23.0. The Bertz CT molecular complexity index is 528. The van der Waals surface area contributed by atoms with E-state index < -0.39 is 9.84 Å². The van der Waals surface area contributed by atoms with E-state index in [0.717, 1.165) is 11.4 Å². The van der Waals surface area contributed by atoms with Gasteiger partial charge in [0.1, 0.15) is 5.82 Å². The van der Waals surface area contributed by atoms with E-state index in [9.17, 15) is 8.42 Å². The minimum atomic E-state index is -2.88. The van der Waals surface area contributed by atoms with E-state index in [0.29, 0.717) is 6.42 Å². The second kappa shape index (κ2) is 4.85. The maximum Gasteiger partial charge on any atom is 0.152 e. The Morgan fingerprint density at radius 3 is 2.83 bits per heavy atom. The van der Waals surface area contributed by atoms with Gasteiger partial charge in [-0.2, -0.15) is 0 Å². The molecule has 1 unspecified atom stereocenters. The summed E-state index contributed by atoms with van der Waals surface area (Å²) in [6.07, 6.45) is 2.37. The van der Waals surface area contributed by atoms with Crippen molar-refractivity contribution < 1.29 is 8.42 Å². The Morgan fingerprint density at radius 2 is 2.28 bits per heavy atom. The molecule has 1 saturated heterocycles. The fourth-order valence-corrected chi connectivity index (χ4v) is 4.09. The van der Waals surface area contributed by atoms with Crippen molar-refractivity contribution in [3.8, 4) is 0 Å². The van der Waals surface area contributed by atoms with Gasteiger partial charge in [-0.3, -0.25) is 0 Å². The first-order valence-electron chi connectivity index (χ1n) is 6.04. The summed E-state index contributed by atoms with van der Waals surface area (Å²) in [4.78, 5) is 6.29. The summed E-state index contributed by atoms with van der Waals surface area (Å²) in [5.41, 5.74) is 6.87. The SMILES string of the molecule is C[C@H](N)c1cccnc1N(C)C1CCS(=O)(=O)C1. The van der Waals surface area contributed by atoms with Gasteiger partial charge in [-0.25, -0.2) is 13.4 Å². The lowest BCUT2D eigenvalue weighted by Gasteiger charge is -2.27. The van der Waals surface area contributed by atoms with Gasteiger partial charge in [0, 0.05) is 30.9 Å². The van der Waals surface area contributed by atoms with Crippen LogP contribution in [-0.4, -0.2) is 38.0 Å². The highest BCUT2D eigenvalue weighted by atomic mass is 32.2. The summed E-state index contributed by atoms with van der Waals surface area (Å²) in [6.45, 7) is 1.90. The third-order valence-corrected chi connectivity index (χ3v) is 5.15. The average Bonchev–Trinajstić information content (AvgIpc) is 2.68. The summed E-state index contributed by atoms with van der Waals surface area (Å²) in [6, 6.07) is 3.67. The maximum atomic E-state index is 11.5. The molecule has 18 heavy (non-hydrogen) atoms. The summed E-state index contributed by atoms with van der Waals surface area (Å²) in [5.74, 6) is 1.26. The van der Waals surface area contributed by atoms with Crippen molar-refractivity contribution >= 4 is 15.7 Å². The van der Waals surface area contributed by atoms with Crippen molar-refractivity contribution in [2.45, 2.75) is 25.4 Å². The van der Waals surface area contributed by atoms with E-state index >= 15 is 0 Å². The lowest BCUT2D eigenvalue weighted by Crippen LogP contribution is -2.34. The van der Waals surface area contributed by atoms with Gasteiger partial charge >= 0.3 is 0 Å².